The maximum absolute atomic E-state index is 12.5. The summed E-state index contributed by atoms with van der Waals surface area (Å²) in [6.45, 7) is 0.592. The topological polar surface area (TPSA) is 89.8 Å². The minimum Gasteiger partial charge on any atom is -0.342 e. The van der Waals surface area contributed by atoms with Crippen LogP contribution in [0.15, 0.2) is 53.7 Å². The largest absolute Gasteiger partial charge is 0.342 e. The van der Waals surface area contributed by atoms with Gasteiger partial charge >= 0.3 is 0 Å². The molecule has 1 radical (unpaired) electrons. The van der Waals surface area contributed by atoms with Gasteiger partial charge in [0, 0.05) is 24.4 Å². The third-order valence-corrected chi connectivity index (χ3v) is 4.33. The van der Waals surface area contributed by atoms with E-state index in [0.29, 0.717) is 29.3 Å². The number of hydrogen-bond acceptors (Lipinski definition) is 5. The fourth-order valence-corrected chi connectivity index (χ4v) is 3.08. The molecule has 4 rings (SSSR count). The average Bonchev–Trinajstić information content (AvgIpc) is 2.70. The first-order chi connectivity index (χ1) is 12.7. The van der Waals surface area contributed by atoms with Gasteiger partial charge in [-0.25, -0.2) is 15.0 Å². The van der Waals surface area contributed by atoms with E-state index in [2.05, 4.69) is 26.3 Å². The predicted molar refractivity (Wildman–Crippen MR) is 94.2 cm³/mol. The van der Waals surface area contributed by atoms with Gasteiger partial charge in [-0.1, -0.05) is 18.2 Å². The summed E-state index contributed by atoms with van der Waals surface area (Å²) in [6, 6.07) is 12.7. The van der Waals surface area contributed by atoms with Gasteiger partial charge in [-0.05, 0) is 31.0 Å². The van der Waals surface area contributed by atoms with Gasteiger partial charge in [-0.15, -0.1) is 0 Å². The monoisotopic (exact) mass is 346 g/mol. The molecule has 0 spiro atoms. The van der Waals surface area contributed by atoms with Crippen molar-refractivity contribution in [3.8, 4) is 11.4 Å². The van der Waals surface area contributed by atoms with E-state index in [-0.39, 0.29) is 17.5 Å². The Labute approximate surface area is 149 Å². The van der Waals surface area contributed by atoms with Crippen LogP contribution in [0.2, 0.25) is 0 Å². The summed E-state index contributed by atoms with van der Waals surface area (Å²) in [6.07, 6.45) is 4.54. The predicted octanol–water partition coefficient (Wildman–Crippen LogP) is 1.77. The summed E-state index contributed by atoms with van der Waals surface area (Å²) in [5.74, 6) is 0.326. The van der Waals surface area contributed by atoms with Crippen molar-refractivity contribution in [3.63, 3.8) is 0 Å². The Hall–Kier alpha value is -3.35. The van der Waals surface area contributed by atoms with Crippen LogP contribution >= 0.6 is 0 Å². The minimum absolute atomic E-state index is 0.145. The highest BCUT2D eigenvalue weighted by Gasteiger charge is 2.25. The Bertz CT molecular complexity index is 986. The lowest BCUT2D eigenvalue weighted by Gasteiger charge is -2.26. The third kappa shape index (κ3) is 3.11. The normalized spacial score (nSPS) is 15.9. The van der Waals surface area contributed by atoms with Crippen molar-refractivity contribution in [2.24, 2.45) is 0 Å². The minimum atomic E-state index is -0.334. The number of benzene rings is 1. The van der Waals surface area contributed by atoms with Gasteiger partial charge in [-0.2, -0.15) is 0 Å². The van der Waals surface area contributed by atoms with E-state index >= 15 is 0 Å². The van der Waals surface area contributed by atoms with E-state index in [9.17, 15) is 9.59 Å². The molecule has 7 nitrogen and oxygen atoms in total. The van der Waals surface area contributed by atoms with Crippen molar-refractivity contribution < 1.29 is 4.79 Å². The molecule has 0 bridgehead atoms. The molecule has 1 aliphatic heterocycles. The Morgan fingerprint density at radius 1 is 1.27 bits per heavy atom. The van der Waals surface area contributed by atoms with Crippen molar-refractivity contribution >= 4 is 5.91 Å². The molecule has 1 amide bonds. The number of carbonyl (C=O) groups is 1. The van der Waals surface area contributed by atoms with E-state index in [4.69, 9.17) is 0 Å². The zero-order valence-electron chi connectivity index (χ0n) is 13.9. The first-order valence-electron chi connectivity index (χ1n) is 8.38. The first-order valence-corrected chi connectivity index (χ1v) is 8.38. The lowest BCUT2D eigenvalue weighted by atomic mass is 10.0. The van der Waals surface area contributed by atoms with E-state index in [1.807, 2.05) is 6.07 Å². The average molecular weight is 346 g/mol. The van der Waals surface area contributed by atoms with Crippen LogP contribution in [-0.2, 0) is 6.54 Å². The second-order valence-corrected chi connectivity index (χ2v) is 6.03. The number of carbonyl (C=O) groups excluding carboxylic acids is 1. The maximum Gasteiger partial charge on any atom is 0.254 e. The van der Waals surface area contributed by atoms with Crippen LogP contribution in [0.3, 0.4) is 0 Å². The Morgan fingerprint density at radius 3 is 2.96 bits per heavy atom. The van der Waals surface area contributed by atoms with Gasteiger partial charge in [-0.3, -0.25) is 14.2 Å². The molecule has 1 aliphatic rings. The van der Waals surface area contributed by atoms with Crippen LogP contribution in [0.1, 0.15) is 35.1 Å². The Balaban J connectivity index is 1.70. The molecule has 1 atom stereocenters. The van der Waals surface area contributed by atoms with Crippen LogP contribution in [0.25, 0.3) is 11.4 Å². The van der Waals surface area contributed by atoms with Gasteiger partial charge in [0.1, 0.15) is 12.2 Å². The zero-order valence-corrected chi connectivity index (χ0v) is 13.9. The van der Waals surface area contributed by atoms with Crippen molar-refractivity contribution in [1.82, 2.24) is 24.8 Å². The van der Waals surface area contributed by atoms with Gasteiger partial charge in [0.15, 0.2) is 0 Å². The highest BCUT2D eigenvalue weighted by molar-refractivity contribution is 5.94. The molecule has 1 unspecified atom stereocenters. The Kier molecular flexibility index (Phi) is 4.27. The molecule has 129 valence electrons. The van der Waals surface area contributed by atoms with Crippen LogP contribution < -0.4 is 10.9 Å². The van der Waals surface area contributed by atoms with Crippen LogP contribution in [0.5, 0.6) is 0 Å². The molecule has 7 heteroatoms. The van der Waals surface area contributed by atoms with Gasteiger partial charge in [0.25, 0.3) is 11.5 Å². The summed E-state index contributed by atoms with van der Waals surface area (Å²) in [5, 5.41) is 2.97. The van der Waals surface area contributed by atoms with Gasteiger partial charge in [0.2, 0.25) is 0 Å². The molecular formula is C19H16N5O2. The number of hydrogen-bond donors (Lipinski definition) is 1. The summed E-state index contributed by atoms with van der Waals surface area (Å²) in [5.41, 5.74) is 1.37. The standard InChI is InChI=1S/C19H16N5O2/c25-17-11-16(14-8-9-20-12-21-14)22-18-15(7-4-10-24(17)18)23-19(26)13-5-2-1-3-6-13/h1-3,5,8-9,11-12,15H,4,7,10H2,(H,23,26). The molecule has 2 aromatic heterocycles. The SMILES string of the molecule is O=C(NC1CCCn2c1nc(-c1ccncn1)cc2=O)c1[c]cccc1. The van der Waals surface area contributed by atoms with Gasteiger partial charge in [0.05, 0.1) is 17.4 Å². The number of amides is 1. The summed E-state index contributed by atoms with van der Waals surface area (Å²) < 4.78 is 1.62. The quantitative estimate of drug-likeness (QED) is 0.780. The lowest BCUT2D eigenvalue weighted by molar-refractivity contribution is 0.0927. The lowest BCUT2D eigenvalue weighted by Crippen LogP contribution is -2.38. The molecule has 3 heterocycles. The molecule has 0 saturated heterocycles. The summed E-state index contributed by atoms with van der Waals surface area (Å²) in [4.78, 5) is 37.7. The fraction of sp³-hybridized carbons (Fsp3) is 0.211. The van der Waals surface area contributed by atoms with Crippen molar-refractivity contribution in [3.05, 3.63) is 76.7 Å². The second-order valence-electron chi connectivity index (χ2n) is 6.03. The third-order valence-electron chi connectivity index (χ3n) is 4.33. The molecule has 0 aliphatic carbocycles. The van der Waals surface area contributed by atoms with Crippen LogP contribution in [0, 0.1) is 6.07 Å². The smallest absolute Gasteiger partial charge is 0.254 e. The number of rotatable bonds is 3. The van der Waals surface area contributed by atoms with E-state index in [1.165, 1.54) is 12.4 Å². The summed E-state index contributed by atoms with van der Waals surface area (Å²) >= 11 is 0. The van der Waals surface area contributed by atoms with Crippen molar-refractivity contribution in [1.29, 1.82) is 0 Å². The van der Waals surface area contributed by atoms with E-state index in [0.717, 1.165) is 12.8 Å². The number of nitrogens with one attached hydrogen (secondary N) is 1. The maximum atomic E-state index is 12.5. The molecule has 0 saturated carbocycles. The first kappa shape index (κ1) is 16.1. The second kappa shape index (κ2) is 6.87. The molecule has 3 aromatic rings. The highest BCUT2D eigenvalue weighted by Crippen LogP contribution is 2.24. The van der Waals surface area contributed by atoms with Crippen molar-refractivity contribution in [2.75, 3.05) is 0 Å². The Morgan fingerprint density at radius 2 is 2.19 bits per heavy atom. The molecule has 26 heavy (non-hydrogen) atoms. The van der Waals surface area contributed by atoms with Crippen LogP contribution in [-0.4, -0.2) is 25.4 Å². The number of nitrogens with zero attached hydrogens (tertiary/aromatic N) is 4. The fourth-order valence-electron chi connectivity index (χ4n) is 3.08. The molecule has 1 N–H and O–H groups in total. The molecule has 0 fully saturated rings. The highest BCUT2D eigenvalue weighted by atomic mass is 16.2. The van der Waals surface area contributed by atoms with E-state index in [1.54, 1.807) is 35.0 Å². The number of aromatic nitrogens is 4. The van der Waals surface area contributed by atoms with Gasteiger partial charge < -0.3 is 5.32 Å². The summed E-state index contributed by atoms with van der Waals surface area (Å²) in [7, 11) is 0. The van der Waals surface area contributed by atoms with Crippen molar-refractivity contribution in [2.45, 2.75) is 25.4 Å². The molecule has 1 aromatic carbocycles. The van der Waals surface area contributed by atoms with Crippen LogP contribution in [0.4, 0.5) is 0 Å². The number of fused-ring (bicyclic) bond motifs is 1. The van der Waals surface area contributed by atoms with E-state index < -0.39 is 0 Å². The molecular weight excluding hydrogens is 330 g/mol. The zero-order chi connectivity index (χ0) is 17.9.